The maximum absolute atomic E-state index is 13.6. The van der Waals surface area contributed by atoms with Gasteiger partial charge in [-0.15, -0.1) is 0 Å². The van der Waals surface area contributed by atoms with Crippen molar-refractivity contribution in [2.45, 2.75) is 19.4 Å². The summed E-state index contributed by atoms with van der Waals surface area (Å²) in [5.74, 6) is -0.493. The van der Waals surface area contributed by atoms with Gasteiger partial charge in [-0.3, -0.25) is 4.72 Å². The predicted molar refractivity (Wildman–Crippen MR) is 107 cm³/mol. The highest BCUT2D eigenvalue weighted by atomic mass is 32.2. The van der Waals surface area contributed by atoms with Gasteiger partial charge in [0.2, 0.25) is 20.0 Å². The summed E-state index contributed by atoms with van der Waals surface area (Å²) < 4.78 is 64.7. The maximum atomic E-state index is 13.6. The Morgan fingerprint density at radius 3 is 2.39 bits per heavy atom. The molecular formula is C18H20FN3O4S2. The van der Waals surface area contributed by atoms with Crippen LogP contribution in [-0.4, -0.2) is 39.0 Å². The molecule has 1 atom stereocenters. The number of hydrazone groups is 1. The molecule has 0 saturated carbocycles. The van der Waals surface area contributed by atoms with Gasteiger partial charge in [0.25, 0.3) is 0 Å². The number of sulfonamides is 2. The van der Waals surface area contributed by atoms with Crippen LogP contribution in [-0.2, 0) is 20.0 Å². The summed E-state index contributed by atoms with van der Waals surface area (Å²) in [6.45, 7) is 1.54. The highest BCUT2D eigenvalue weighted by Crippen LogP contribution is 2.35. The SMILES string of the molecule is CCS(=O)(=O)Nc1ccc(C2=NN(S(C)(=O)=O)[C@H](c3cccc(F)c3)C2)cc1. The Morgan fingerprint density at radius 2 is 1.82 bits per heavy atom. The Hall–Kier alpha value is -2.46. The summed E-state index contributed by atoms with van der Waals surface area (Å²) in [5, 5.41) is 4.24. The van der Waals surface area contributed by atoms with Crippen molar-refractivity contribution in [1.29, 1.82) is 0 Å². The minimum Gasteiger partial charge on any atom is -0.284 e. The van der Waals surface area contributed by atoms with Crippen LogP contribution in [0, 0.1) is 5.82 Å². The van der Waals surface area contributed by atoms with Gasteiger partial charge in [-0.05, 0) is 42.3 Å². The zero-order valence-corrected chi connectivity index (χ0v) is 17.0. The molecule has 150 valence electrons. The van der Waals surface area contributed by atoms with Gasteiger partial charge < -0.3 is 0 Å². The molecule has 0 radical (unpaired) electrons. The van der Waals surface area contributed by atoms with E-state index in [9.17, 15) is 21.2 Å². The Labute approximate surface area is 164 Å². The first-order valence-electron chi connectivity index (χ1n) is 8.52. The lowest BCUT2D eigenvalue weighted by molar-refractivity contribution is 0.373. The van der Waals surface area contributed by atoms with Gasteiger partial charge in [0.15, 0.2) is 0 Å². The van der Waals surface area contributed by atoms with Crippen molar-refractivity contribution in [3.05, 3.63) is 65.5 Å². The average molecular weight is 426 g/mol. The number of hydrogen-bond donors (Lipinski definition) is 1. The van der Waals surface area contributed by atoms with E-state index in [0.717, 1.165) is 10.7 Å². The van der Waals surface area contributed by atoms with E-state index in [1.807, 2.05) is 0 Å². The van der Waals surface area contributed by atoms with Crippen LogP contribution in [0.15, 0.2) is 53.6 Å². The number of benzene rings is 2. The molecule has 0 fully saturated rings. The topological polar surface area (TPSA) is 95.9 Å². The number of nitrogens with one attached hydrogen (secondary N) is 1. The van der Waals surface area contributed by atoms with Crippen molar-refractivity contribution >= 4 is 31.4 Å². The largest absolute Gasteiger partial charge is 0.284 e. The van der Waals surface area contributed by atoms with Gasteiger partial charge in [-0.25, -0.2) is 21.2 Å². The monoisotopic (exact) mass is 425 g/mol. The Kier molecular flexibility index (Phi) is 5.44. The van der Waals surface area contributed by atoms with Crippen LogP contribution in [0.3, 0.4) is 0 Å². The minimum atomic E-state index is -3.66. The van der Waals surface area contributed by atoms with E-state index >= 15 is 0 Å². The van der Waals surface area contributed by atoms with Gasteiger partial charge >= 0.3 is 0 Å². The van der Waals surface area contributed by atoms with Gasteiger partial charge in [-0.1, -0.05) is 24.3 Å². The molecule has 0 spiro atoms. The van der Waals surface area contributed by atoms with Crippen LogP contribution >= 0.6 is 0 Å². The van der Waals surface area contributed by atoms with Crippen LogP contribution in [0.5, 0.6) is 0 Å². The van der Waals surface area contributed by atoms with Crippen LogP contribution in [0.1, 0.15) is 30.5 Å². The van der Waals surface area contributed by atoms with Crippen LogP contribution < -0.4 is 4.72 Å². The fourth-order valence-electron chi connectivity index (χ4n) is 2.91. The molecule has 3 rings (SSSR count). The summed E-state index contributed by atoms with van der Waals surface area (Å²) >= 11 is 0. The summed E-state index contributed by atoms with van der Waals surface area (Å²) in [7, 11) is -7.04. The van der Waals surface area contributed by atoms with Gasteiger partial charge in [-0.2, -0.15) is 9.52 Å². The second kappa shape index (κ2) is 7.51. The molecule has 1 N–H and O–H groups in total. The third-order valence-electron chi connectivity index (χ3n) is 4.32. The predicted octanol–water partition coefficient (Wildman–Crippen LogP) is 2.70. The lowest BCUT2D eigenvalue weighted by Gasteiger charge is -2.21. The van der Waals surface area contributed by atoms with Gasteiger partial charge in [0.05, 0.1) is 23.8 Å². The maximum Gasteiger partial charge on any atom is 0.247 e. The molecule has 0 aromatic heterocycles. The van der Waals surface area contributed by atoms with Crippen LogP contribution in [0.4, 0.5) is 10.1 Å². The lowest BCUT2D eigenvalue weighted by Crippen LogP contribution is -2.26. The highest BCUT2D eigenvalue weighted by molar-refractivity contribution is 7.92. The average Bonchev–Trinajstić information content (AvgIpc) is 3.08. The van der Waals surface area contributed by atoms with E-state index in [1.54, 1.807) is 30.3 Å². The molecule has 2 aromatic carbocycles. The molecule has 1 heterocycles. The lowest BCUT2D eigenvalue weighted by atomic mass is 9.99. The first kappa shape index (κ1) is 20.3. The Morgan fingerprint density at radius 1 is 1.14 bits per heavy atom. The van der Waals surface area contributed by atoms with E-state index in [1.165, 1.54) is 25.1 Å². The quantitative estimate of drug-likeness (QED) is 0.770. The molecule has 1 aliphatic heterocycles. The smallest absolute Gasteiger partial charge is 0.247 e. The number of nitrogens with zero attached hydrogens (tertiary/aromatic N) is 2. The zero-order valence-electron chi connectivity index (χ0n) is 15.3. The fraction of sp³-hybridized carbons (Fsp3) is 0.278. The molecule has 0 unspecified atom stereocenters. The van der Waals surface area contributed by atoms with E-state index in [4.69, 9.17) is 0 Å². The van der Waals surface area contributed by atoms with Gasteiger partial charge in [0.1, 0.15) is 5.82 Å². The summed E-state index contributed by atoms with van der Waals surface area (Å²) in [6.07, 6.45) is 1.32. The molecule has 0 aliphatic carbocycles. The molecule has 10 heteroatoms. The van der Waals surface area contributed by atoms with Crippen LogP contribution in [0.25, 0.3) is 0 Å². The molecule has 28 heavy (non-hydrogen) atoms. The van der Waals surface area contributed by atoms with Crippen molar-refractivity contribution in [3.63, 3.8) is 0 Å². The third-order valence-corrected chi connectivity index (χ3v) is 6.64. The first-order valence-corrected chi connectivity index (χ1v) is 12.0. The Balaban J connectivity index is 1.90. The van der Waals surface area contributed by atoms with Crippen LogP contribution in [0.2, 0.25) is 0 Å². The number of rotatable bonds is 6. The fourth-order valence-corrected chi connectivity index (χ4v) is 4.46. The van der Waals surface area contributed by atoms with Crippen molar-refractivity contribution in [2.75, 3.05) is 16.7 Å². The second-order valence-electron chi connectivity index (χ2n) is 6.44. The molecule has 1 aliphatic rings. The number of halogens is 1. The van der Waals surface area contributed by atoms with E-state index < -0.39 is 31.9 Å². The zero-order chi connectivity index (χ0) is 20.5. The molecule has 2 aromatic rings. The minimum absolute atomic E-state index is 0.0416. The van der Waals surface area contributed by atoms with E-state index in [0.29, 0.717) is 22.5 Å². The highest BCUT2D eigenvalue weighted by Gasteiger charge is 2.34. The standard InChI is InChI=1S/C18H20FN3O4S2/c1-3-28(25,26)21-16-9-7-13(8-10-16)17-12-18(22(20-17)27(2,23)24)14-5-4-6-15(19)11-14/h4-11,18,21H,3,12H2,1-2H3/t18-/m0/s1. The summed E-state index contributed by atoms with van der Waals surface area (Å²) in [5.41, 5.74) is 2.10. The molecule has 7 nitrogen and oxygen atoms in total. The number of anilines is 1. The third kappa shape index (κ3) is 4.50. The van der Waals surface area contributed by atoms with Crippen molar-refractivity contribution in [2.24, 2.45) is 5.10 Å². The van der Waals surface area contributed by atoms with Crippen molar-refractivity contribution < 1.29 is 21.2 Å². The first-order chi connectivity index (χ1) is 13.1. The Bertz CT molecular complexity index is 1110. The molecule has 0 bridgehead atoms. The molecular weight excluding hydrogens is 405 g/mol. The molecule has 0 saturated heterocycles. The van der Waals surface area contributed by atoms with E-state index in [-0.39, 0.29) is 12.2 Å². The van der Waals surface area contributed by atoms with Crippen molar-refractivity contribution in [1.82, 2.24) is 4.41 Å². The summed E-state index contributed by atoms with van der Waals surface area (Å²) in [4.78, 5) is 0. The van der Waals surface area contributed by atoms with Gasteiger partial charge in [0, 0.05) is 12.1 Å². The summed E-state index contributed by atoms with van der Waals surface area (Å²) in [6, 6.07) is 11.6. The van der Waals surface area contributed by atoms with Crippen molar-refractivity contribution in [3.8, 4) is 0 Å². The van der Waals surface area contributed by atoms with E-state index in [2.05, 4.69) is 9.82 Å². The number of hydrogen-bond acceptors (Lipinski definition) is 5. The molecule has 0 amide bonds. The normalized spacial score (nSPS) is 17.5. The second-order valence-corrected chi connectivity index (χ2v) is 10.3.